The first kappa shape index (κ1) is 20.5. The van der Waals surface area contributed by atoms with Gasteiger partial charge in [-0.3, -0.25) is 9.20 Å². The molecule has 0 spiro atoms. The van der Waals surface area contributed by atoms with Crippen molar-refractivity contribution in [2.24, 2.45) is 0 Å². The zero-order chi connectivity index (χ0) is 22.0. The summed E-state index contributed by atoms with van der Waals surface area (Å²) >= 11 is 0. The number of alkyl halides is 3. The van der Waals surface area contributed by atoms with E-state index in [1.807, 2.05) is 30.3 Å². The Kier molecular flexibility index (Phi) is 5.37. The van der Waals surface area contributed by atoms with Gasteiger partial charge >= 0.3 is 6.18 Å². The molecule has 2 aromatic heterocycles. The van der Waals surface area contributed by atoms with Crippen LogP contribution in [-0.4, -0.2) is 15.3 Å². The molecule has 0 saturated carbocycles. The molecule has 1 N–H and O–H groups in total. The number of aryl methyl sites for hydroxylation is 1. The molecule has 4 rings (SSSR count). The van der Waals surface area contributed by atoms with Crippen LogP contribution < -0.4 is 10.1 Å². The molecule has 0 radical (unpaired) electrons. The predicted octanol–water partition coefficient (Wildman–Crippen LogP) is 5.49. The average molecular weight is 425 g/mol. The van der Waals surface area contributed by atoms with Gasteiger partial charge in [0.15, 0.2) is 0 Å². The van der Waals surface area contributed by atoms with E-state index in [0.29, 0.717) is 23.7 Å². The second kappa shape index (κ2) is 8.14. The molecule has 0 atom stereocenters. The Hall–Kier alpha value is -3.81. The highest BCUT2D eigenvalue weighted by Gasteiger charge is 2.31. The number of anilines is 1. The number of amides is 1. The fraction of sp³-hybridized carbons (Fsp3) is 0.130. The second-order valence-electron chi connectivity index (χ2n) is 6.94. The fourth-order valence-electron chi connectivity index (χ4n) is 3.17. The molecule has 4 aromatic rings. The maximum Gasteiger partial charge on any atom is 0.417 e. The molecule has 2 heterocycles. The number of benzene rings is 2. The topological polar surface area (TPSA) is 55.6 Å². The SMILES string of the molecule is Cc1nc2ccc(C(F)(F)F)cn2c1C(=O)Nc1ccc(OCc2ccccc2)cc1. The van der Waals surface area contributed by atoms with E-state index in [9.17, 15) is 18.0 Å². The third kappa shape index (κ3) is 4.53. The summed E-state index contributed by atoms with van der Waals surface area (Å²) in [5, 5.41) is 2.70. The third-order valence-corrected chi connectivity index (χ3v) is 4.70. The molecule has 5 nitrogen and oxygen atoms in total. The van der Waals surface area contributed by atoms with Gasteiger partial charge < -0.3 is 10.1 Å². The number of nitrogens with one attached hydrogen (secondary N) is 1. The van der Waals surface area contributed by atoms with E-state index in [1.165, 1.54) is 6.07 Å². The third-order valence-electron chi connectivity index (χ3n) is 4.70. The summed E-state index contributed by atoms with van der Waals surface area (Å²) in [5.41, 5.74) is 1.30. The largest absolute Gasteiger partial charge is 0.489 e. The number of pyridine rings is 1. The molecule has 0 saturated heterocycles. The van der Waals surface area contributed by atoms with Crippen LogP contribution >= 0.6 is 0 Å². The number of nitrogens with zero attached hydrogens (tertiary/aromatic N) is 2. The van der Waals surface area contributed by atoms with Crippen LogP contribution in [0.5, 0.6) is 5.75 Å². The van der Waals surface area contributed by atoms with Gasteiger partial charge in [-0.15, -0.1) is 0 Å². The number of imidazole rings is 1. The summed E-state index contributed by atoms with van der Waals surface area (Å²) in [6.45, 7) is 1.99. The van der Waals surface area contributed by atoms with Crippen LogP contribution in [0.3, 0.4) is 0 Å². The van der Waals surface area contributed by atoms with Crippen molar-refractivity contribution in [1.29, 1.82) is 0 Å². The molecule has 0 aliphatic heterocycles. The van der Waals surface area contributed by atoms with Gasteiger partial charge in [0, 0.05) is 11.9 Å². The monoisotopic (exact) mass is 425 g/mol. The van der Waals surface area contributed by atoms with Gasteiger partial charge in [0.2, 0.25) is 0 Å². The van der Waals surface area contributed by atoms with Crippen LogP contribution in [0.4, 0.5) is 18.9 Å². The zero-order valence-corrected chi connectivity index (χ0v) is 16.5. The maximum absolute atomic E-state index is 13.1. The second-order valence-corrected chi connectivity index (χ2v) is 6.94. The van der Waals surface area contributed by atoms with Gasteiger partial charge in [0.25, 0.3) is 5.91 Å². The molecule has 158 valence electrons. The number of carbonyl (C=O) groups excluding carboxylic acids is 1. The van der Waals surface area contributed by atoms with Crippen molar-refractivity contribution in [2.45, 2.75) is 19.7 Å². The lowest BCUT2D eigenvalue weighted by Gasteiger charge is -2.10. The summed E-state index contributed by atoms with van der Waals surface area (Å²) in [7, 11) is 0. The number of carbonyl (C=O) groups is 1. The zero-order valence-electron chi connectivity index (χ0n) is 16.5. The van der Waals surface area contributed by atoms with Crippen molar-refractivity contribution in [3.8, 4) is 5.75 Å². The predicted molar refractivity (Wildman–Crippen MR) is 110 cm³/mol. The first-order valence-electron chi connectivity index (χ1n) is 9.45. The van der Waals surface area contributed by atoms with E-state index in [4.69, 9.17) is 4.74 Å². The van der Waals surface area contributed by atoms with E-state index >= 15 is 0 Å². The minimum absolute atomic E-state index is 0.0468. The van der Waals surface area contributed by atoms with E-state index in [1.54, 1.807) is 31.2 Å². The Morgan fingerprint density at radius 1 is 1.03 bits per heavy atom. The van der Waals surface area contributed by atoms with Gasteiger partial charge in [-0.25, -0.2) is 4.98 Å². The number of hydrogen-bond donors (Lipinski definition) is 1. The van der Waals surface area contributed by atoms with Crippen molar-refractivity contribution in [2.75, 3.05) is 5.32 Å². The maximum atomic E-state index is 13.1. The highest BCUT2D eigenvalue weighted by molar-refractivity contribution is 6.04. The normalized spacial score (nSPS) is 11.5. The first-order valence-corrected chi connectivity index (χ1v) is 9.45. The summed E-state index contributed by atoms with van der Waals surface area (Å²) < 4.78 is 46.1. The van der Waals surface area contributed by atoms with Crippen LogP contribution in [0.2, 0.25) is 0 Å². The Morgan fingerprint density at radius 3 is 2.42 bits per heavy atom. The lowest BCUT2D eigenvalue weighted by atomic mass is 10.2. The smallest absolute Gasteiger partial charge is 0.417 e. The molecule has 0 aliphatic carbocycles. The van der Waals surface area contributed by atoms with Gasteiger partial charge in [0.1, 0.15) is 23.7 Å². The van der Waals surface area contributed by atoms with Crippen LogP contribution in [0.1, 0.15) is 27.3 Å². The van der Waals surface area contributed by atoms with Gasteiger partial charge in [-0.1, -0.05) is 30.3 Å². The minimum atomic E-state index is -4.52. The van der Waals surface area contributed by atoms with E-state index in [0.717, 1.165) is 22.2 Å². The number of fused-ring (bicyclic) bond motifs is 1. The van der Waals surface area contributed by atoms with E-state index in [-0.39, 0.29) is 11.3 Å². The standard InChI is InChI=1S/C23H18F3N3O2/c1-15-21(29-13-17(23(24,25)26)7-12-20(29)27-15)22(30)28-18-8-10-19(11-9-18)31-14-16-5-3-2-4-6-16/h2-13H,14H2,1H3,(H,28,30). The quantitative estimate of drug-likeness (QED) is 0.460. The highest BCUT2D eigenvalue weighted by atomic mass is 19.4. The molecule has 2 aromatic carbocycles. The molecule has 8 heteroatoms. The lowest BCUT2D eigenvalue weighted by Crippen LogP contribution is -2.16. The van der Waals surface area contributed by atoms with Crippen molar-refractivity contribution in [3.05, 3.63) is 95.4 Å². The molecule has 1 amide bonds. The van der Waals surface area contributed by atoms with Gasteiger partial charge in [-0.2, -0.15) is 13.2 Å². The van der Waals surface area contributed by atoms with Crippen molar-refractivity contribution in [3.63, 3.8) is 0 Å². The summed E-state index contributed by atoms with van der Waals surface area (Å²) in [5.74, 6) is 0.0740. The Balaban J connectivity index is 1.50. The average Bonchev–Trinajstić information content (AvgIpc) is 3.08. The van der Waals surface area contributed by atoms with Crippen LogP contribution in [0.15, 0.2) is 72.9 Å². The summed E-state index contributed by atoms with van der Waals surface area (Å²) in [6.07, 6.45) is -3.64. The number of rotatable bonds is 5. The van der Waals surface area contributed by atoms with Crippen LogP contribution in [-0.2, 0) is 12.8 Å². The Labute approximate surface area is 176 Å². The molecule has 31 heavy (non-hydrogen) atoms. The highest BCUT2D eigenvalue weighted by Crippen LogP contribution is 2.30. The number of hydrogen-bond acceptors (Lipinski definition) is 3. The molecular formula is C23H18F3N3O2. The Morgan fingerprint density at radius 2 is 1.74 bits per heavy atom. The minimum Gasteiger partial charge on any atom is -0.489 e. The Bertz CT molecular complexity index is 1220. The lowest BCUT2D eigenvalue weighted by molar-refractivity contribution is -0.137. The molecule has 0 bridgehead atoms. The number of halogens is 3. The molecule has 0 unspecified atom stereocenters. The number of ether oxygens (including phenoxy) is 1. The van der Waals surface area contributed by atoms with E-state index < -0.39 is 17.6 Å². The van der Waals surface area contributed by atoms with Crippen molar-refractivity contribution < 1.29 is 22.7 Å². The molecule has 0 aliphatic rings. The first-order chi connectivity index (χ1) is 14.8. The summed E-state index contributed by atoms with van der Waals surface area (Å²) in [4.78, 5) is 17.0. The van der Waals surface area contributed by atoms with Gasteiger partial charge in [0.05, 0.1) is 11.3 Å². The van der Waals surface area contributed by atoms with Crippen molar-refractivity contribution >= 4 is 17.2 Å². The van der Waals surface area contributed by atoms with Gasteiger partial charge in [-0.05, 0) is 48.9 Å². The van der Waals surface area contributed by atoms with Crippen LogP contribution in [0.25, 0.3) is 5.65 Å². The van der Waals surface area contributed by atoms with Crippen LogP contribution in [0, 0.1) is 6.92 Å². The molecular weight excluding hydrogens is 407 g/mol. The van der Waals surface area contributed by atoms with Crippen molar-refractivity contribution in [1.82, 2.24) is 9.38 Å². The number of aromatic nitrogens is 2. The van der Waals surface area contributed by atoms with E-state index in [2.05, 4.69) is 10.3 Å². The summed E-state index contributed by atoms with van der Waals surface area (Å²) in [6, 6.07) is 18.6. The fourth-order valence-corrected chi connectivity index (χ4v) is 3.17. The molecule has 0 fully saturated rings.